The first-order valence-corrected chi connectivity index (χ1v) is 13.7. The topological polar surface area (TPSA) is 79.0 Å². The van der Waals surface area contributed by atoms with Crippen LogP contribution >= 0.6 is 0 Å². The van der Waals surface area contributed by atoms with Crippen LogP contribution in [-0.4, -0.2) is 59.1 Å². The highest BCUT2D eigenvalue weighted by Crippen LogP contribution is 2.33. The first-order valence-electron chi connectivity index (χ1n) is 12.2. The lowest BCUT2D eigenvalue weighted by molar-refractivity contribution is -0.137. The number of carbonyl (C=O) groups is 1. The number of hydrogen-bond donors (Lipinski definition) is 1. The van der Waals surface area contributed by atoms with Gasteiger partial charge in [0.15, 0.2) is 0 Å². The minimum atomic E-state index is -4.80. The number of nitrogens with zero attached hydrogens (tertiary/aromatic N) is 2. The number of halogens is 5. The molecule has 7 nitrogen and oxygen atoms in total. The SMILES string of the molecule is COc1ccc(S(=O)(=O)NCCc2ccc(F)cc2)cc1N1CCN(C(=O)c2cc(F)cc(C(F)(F)F)c2)CC1. The third-order valence-corrected chi connectivity index (χ3v) is 7.92. The molecule has 1 N–H and O–H groups in total. The van der Waals surface area contributed by atoms with Gasteiger partial charge in [-0.05, 0) is 60.5 Å². The third kappa shape index (κ3) is 6.89. The van der Waals surface area contributed by atoms with Crippen molar-refractivity contribution in [1.82, 2.24) is 9.62 Å². The lowest BCUT2D eigenvalue weighted by Gasteiger charge is -2.37. The third-order valence-electron chi connectivity index (χ3n) is 6.46. The van der Waals surface area contributed by atoms with E-state index in [1.54, 1.807) is 17.0 Å². The van der Waals surface area contributed by atoms with E-state index in [2.05, 4.69) is 4.72 Å². The van der Waals surface area contributed by atoms with E-state index in [0.29, 0.717) is 30.0 Å². The first kappa shape index (κ1) is 29.3. The number of piperazine rings is 1. The molecule has 0 unspecified atom stereocenters. The van der Waals surface area contributed by atoms with E-state index >= 15 is 0 Å². The second-order valence-corrected chi connectivity index (χ2v) is 10.9. The molecule has 0 spiro atoms. The van der Waals surface area contributed by atoms with Crippen molar-refractivity contribution >= 4 is 21.6 Å². The van der Waals surface area contributed by atoms with E-state index in [9.17, 15) is 35.2 Å². The van der Waals surface area contributed by atoms with Crippen molar-refractivity contribution in [2.24, 2.45) is 0 Å². The average Bonchev–Trinajstić information content (AvgIpc) is 2.92. The van der Waals surface area contributed by atoms with Crippen LogP contribution in [0.25, 0.3) is 0 Å². The van der Waals surface area contributed by atoms with Gasteiger partial charge < -0.3 is 14.5 Å². The largest absolute Gasteiger partial charge is 0.495 e. The second kappa shape index (κ2) is 11.8. The van der Waals surface area contributed by atoms with Crippen molar-refractivity contribution in [3.05, 3.63) is 89.0 Å². The summed E-state index contributed by atoms with van der Waals surface area (Å²) in [7, 11) is -2.48. The Morgan fingerprint density at radius 2 is 1.60 bits per heavy atom. The Morgan fingerprint density at radius 1 is 0.925 bits per heavy atom. The van der Waals surface area contributed by atoms with E-state index in [-0.39, 0.29) is 43.4 Å². The fourth-order valence-electron chi connectivity index (χ4n) is 4.36. The van der Waals surface area contributed by atoms with Gasteiger partial charge in [-0.25, -0.2) is 21.9 Å². The monoisotopic (exact) mass is 583 g/mol. The predicted molar refractivity (Wildman–Crippen MR) is 138 cm³/mol. The van der Waals surface area contributed by atoms with E-state index in [1.807, 2.05) is 0 Å². The average molecular weight is 584 g/mol. The van der Waals surface area contributed by atoms with Crippen molar-refractivity contribution in [3.63, 3.8) is 0 Å². The van der Waals surface area contributed by atoms with Crippen molar-refractivity contribution in [1.29, 1.82) is 0 Å². The number of anilines is 1. The molecule has 1 amide bonds. The highest BCUT2D eigenvalue weighted by Gasteiger charge is 2.33. The maximum atomic E-state index is 13.8. The molecule has 0 bridgehead atoms. The Bertz CT molecular complexity index is 1470. The summed E-state index contributed by atoms with van der Waals surface area (Å²) in [5.74, 6) is -1.89. The molecule has 0 atom stereocenters. The number of rotatable bonds is 8. The van der Waals surface area contributed by atoms with Crippen LogP contribution in [0.1, 0.15) is 21.5 Å². The van der Waals surface area contributed by atoms with Crippen LogP contribution in [0.5, 0.6) is 5.75 Å². The Balaban J connectivity index is 1.44. The molecular weight excluding hydrogens is 557 g/mol. The van der Waals surface area contributed by atoms with E-state index in [0.717, 1.165) is 11.6 Å². The maximum Gasteiger partial charge on any atom is 0.416 e. The number of amides is 1. The fraction of sp³-hybridized carbons (Fsp3) is 0.296. The standard InChI is InChI=1S/C27H26F5N3O4S/c1-39-25-7-6-23(40(37,38)33-9-8-18-2-4-21(28)5-3-18)17-24(25)34-10-12-35(13-11-34)26(36)19-14-20(27(30,31)32)16-22(29)15-19/h2-7,14-17,33H,8-13H2,1H3. The number of nitrogens with one attached hydrogen (secondary N) is 1. The molecular formula is C27H26F5N3O4S. The summed E-state index contributed by atoms with van der Waals surface area (Å²) in [6.45, 7) is 0.752. The van der Waals surface area contributed by atoms with Crippen LogP contribution in [0, 0.1) is 11.6 Å². The molecule has 1 fully saturated rings. The van der Waals surface area contributed by atoms with Gasteiger partial charge in [0.2, 0.25) is 10.0 Å². The van der Waals surface area contributed by atoms with Gasteiger partial charge in [-0.3, -0.25) is 4.79 Å². The second-order valence-electron chi connectivity index (χ2n) is 9.11. The Hall–Kier alpha value is -3.71. The number of sulfonamides is 1. The maximum absolute atomic E-state index is 13.8. The molecule has 4 rings (SSSR count). The van der Waals surface area contributed by atoms with Crippen molar-refractivity contribution in [3.8, 4) is 5.75 Å². The summed E-state index contributed by atoms with van der Waals surface area (Å²) < 4.78 is 99.9. The molecule has 0 aromatic heterocycles. The van der Waals surface area contributed by atoms with Crippen molar-refractivity contribution in [2.45, 2.75) is 17.5 Å². The summed E-state index contributed by atoms with van der Waals surface area (Å²) in [6, 6.07) is 11.8. The van der Waals surface area contributed by atoms with Crippen molar-refractivity contribution < 1.29 is 39.9 Å². The molecule has 0 aliphatic carbocycles. The van der Waals surface area contributed by atoms with Gasteiger partial charge in [0.25, 0.3) is 5.91 Å². The number of benzene rings is 3. The Kier molecular flexibility index (Phi) is 8.64. The predicted octanol–water partition coefficient (Wildman–Crippen LogP) is 4.48. The van der Waals surface area contributed by atoms with Crippen LogP contribution < -0.4 is 14.4 Å². The molecule has 214 valence electrons. The number of alkyl halides is 3. The summed E-state index contributed by atoms with van der Waals surface area (Å²) in [5, 5.41) is 0. The minimum Gasteiger partial charge on any atom is -0.495 e. The molecule has 13 heteroatoms. The Labute approximate surface area is 228 Å². The highest BCUT2D eigenvalue weighted by molar-refractivity contribution is 7.89. The van der Waals surface area contributed by atoms with Gasteiger partial charge in [0.05, 0.1) is 23.3 Å². The summed E-state index contributed by atoms with van der Waals surface area (Å²) >= 11 is 0. The van der Waals surface area contributed by atoms with Crippen LogP contribution in [0.3, 0.4) is 0 Å². The number of hydrogen-bond acceptors (Lipinski definition) is 5. The molecule has 0 radical (unpaired) electrons. The minimum absolute atomic E-state index is 0.0136. The normalized spacial score (nSPS) is 14.3. The molecule has 3 aromatic rings. The quantitative estimate of drug-likeness (QED) is 0.396. The zero-order chi connectivity index (χ0) is 29.1. The van der Waals surface area contributed by atoms with Gasteiger partial charge in [0.1, 0.15) is 17.4 Å². The zero-order valence-corrected chi connectivity index (χ0v) is 22.2. The molecule has 1 saturated heterocycles. The molecule has 40 heavy (non-hydrogen) atoms. The molecule has 1 heterocycles. The fourth-order valence-corrected chi connectivity index (χ4v) is 5.41. The smallest absolute Gasteiger partial charge is 0.416 e. The molecule has 1 aliphatic rings. The van der Waals surface area contributed by atoms with Crippen molar-refractivity contribution in [2.75, 3.05) is 44.7 Å². The van der Waals surface area contributed by atoms with Crippen LogP contribution in [0.4, 0.5) is 27.6 Å². The van der Waals surface area contributed by atoms with Gasteiger partial charge >= 0.3 is 6.18 Å². The van der Waals surface area contributed by atoms with E-state index in [4.69, 9.17) is 4.74 Å². The number of carbonyl (C=O) groups excluding carboxylic acids is 1. The Morgan fingerprint density at radius 3 is 2.23 bits per heavy atom. The highest BCUT2D eigenvalue weighted by atomic mass is 32.2. The van der Waals surface area contributed by atoms with Crippen LogP contribution in [0.15, 0.2) is 65.6 Å². The van der Waals surface area contributed by atoms with E-state index < -0.39 is 39.1 Å². The first-order chi connectivity index (χ1) is 18.9. The summed E-state index contributed by atoms with van der Waals surface area (Å²) in [5.41, 5.74) is -0.428. The van der Waals surface area contributed by atoms with Gasteiger partial charge in [0, 0.05) is 38.3 Å². The van der Waals surface area contributed by atoms with Gasteiger partial charge in [-0.2, -0.15) is 13.2 Å². The zero-order valence-electron chi connectivity index (χ0n) is 21.3. The number of methoxy groups -OCH3 is 1. The lowest BCUT2D eigenvalue weighted by Crippen LogP contribution is -2.49. The molecule has 3 aromatic carbocycles. The van der Waals surface area contributed by atoms with Gasteiger partial charge in [-0.15, -0.1) is 0 Å². The molecule has 1 aliphatic heterocycles. The lowest BCUT2D eigenvalue weighted by atomic mass is 10.1. The number of ether oxygens (including phenoxy) is 1. The summed E-state index contributed by atoms with van der Waals surface area (Å²) in [4.78, 5) is 15.9. The van der Waals surface area contributed by atoms with Gasteiger partial charge in [-0.1, -0.05) is 12.1 Å². The van der Waals surface area contributed by atoms with E-state index in [1.165, 1.54) is 42.3 Å². The van der Waals surface area contributed by atoms with Crippen LogP contribution in [-0.2, 0) is 22.6 Å². The van der Waals surface area contributed by atoms with Crippen LogP contribution in [0.2, 0.25) is 0 Å². The molecule has 0 saturated carbocycles. The summed E-state index contributed by atoms with van der Waals surface area (Å²) in [6.07, 6.45) is -4.44.